The quantitative estimate of drug-likeness (QED) is 0.703. The zero-order valence-corrected chi connectivity index (χ0v) is 10.9. The van der Waals surface area contributed by atoms with Crippen LogP contribution in [0, 0.1) is 5.92 Å². The fourth-order valence-electron chi connectivity index (χ4n) is 2.80. The summed E-state index contributed by atoms with van der Waals surface area (Å²) in [5.74, 6) is -1.07. The first kappa shape index (κ1) is 14.0. The van der Waals surface area contributed by atoms with E-state index in [2.05, 4.69) is 5.32 Å². The molecule has 1 saturated heterocycles. The standard InChI is InChI=1S/C13H20N2O4/c16-11-5-6-12(17)15(11)8-7-14-10-3-1-9(2-4-10)13(18)19/h9-10,14H,1-8H2,(H,18,19). The second-order valence-electron chi connectivity index (χ2n) is 5.28. The summed E-state index contributed by atoms with van der Waals surface area (Å²) in [6.07, 6.45) is 3.77. The summed E-state index contributed by atoms with van der Waals surface area (Å²) in [5, 5.41) is 12.2. The lowest BCUT2D eigenvalue weighted by Gasteiger charge is -2.27. The minimum Gasteiger partial charge on any atom is -0.481 e. The van der Waals surface area contributed by atoms with Crippen LogP contribution in [-0.4, -0.2) is 46.9 Å². The number of carbonyl (C=O) groups excluding carboxylic acids is 2. The van der Waals surface area contributed by atoms with Crippen molar-refractivity contribution in [1.82, 2.24) is 10.2 Å². The third kappa shape index (κ3) is 3.53. The van der Waals surface area contributed by atoms with Crippen LogP contribution in [0.1, 0.15) is 38.5 Å². The topological polar surface area (TPSA) is 86.7 Å². The van der Waals surface area contributed by atoms with E-state index >= 15 is 0 Å². The van der Waals surface area contributed by atoms with E-state index in [4.69, 9.17) is 5.11 Å². The van der Waals surface area contributed by atoms with Gasteiger partial charge >= 0.3 is 5.97 Å². The molecule has 0 aromatic heterocycles. The van der Waals surface area contributed by atoms with Crippen LogP contribution in [0.5, 0.6) is 0 Å². The molecule has 0 aromatic carbocycles. The molecule has 0 spiro atoms. The second-order valence-corrected chi connectivity index (χ2v) is 5.28. The predicted octanol–water partition coefficient (Wildman–Crippen LogP) is 0.368. The summed E-state index contributed by atoms with van der Waals surface area (Å²) in [5.41, 5.74) is 0. The lowest BCUT2D eigenvalue weighted by Crippen LogP contribution is -2.41. The van der Waals surface area contributed by atoms with Gasteiger partial charge in [0.05, 0.1) is 5.92 Å². The van der Waals surface area contributed by atoms with Gasteiger partial charge in [0.15, 0.2) is 0 Å². The summed E-state index contributed by atoms with van der Waals surface area (Å²) in [6.45, 7) is 1.02. The van der Waals surface area contributed by atoms with Crippen molar-refractivity contribution in [2.24, 2.45) is 5.92 Å². The number of carboxylic acid groups (broad SMARTS) is 1. The van der Waals surface area contributed by atoms with Crippen LogP contribution >= 0.6 is 0 Å². The molecule has 6 heteroatoms. The molecule has 106 valence electrons. The third-order valence-electron chi connectivity index (χ3n) is 4.00. The average molecular weight is 268 g/mol. The summed E-state index contributed by atoms with van der Waals surface area (Å²) in [6, 6.07) is 0.309. The highest BCUT2D eigenvalue weighted by atomic mass is 16.4. The first-order valence-electron chi connectivity index (χ1n) is 6.87. The van der Waals surface area contributed by atoms with Gasteiger partial charge in [0.1, 0.15) is 0 Å². The lowest BCUT2D eigenvalue weighted by atomic mass is 9.86. The molecule has 1 saturated carbocycles. The molecule has 1 heterocycles. The minimum atomic E-state index is -0.702. The van der Waals surface area contributed by atoms with E-state index in [1.165, 1.54) is 4.90 Å². The number of nitrogens with one attached hydrogen (secondary N) is 1. The van der Waals surface area contributed by atoms with E-state index < -0.39 is 5.97 Å². The predicted molar refractivity (Wildman–Crippen MR) is 67.3 cm³/mol. The van der Waals surface area contributed by atoms with Crippen LogP contribution < -0.4 is 5.32 Å². The number of aliphatic carboxylic acids is 1. The Morgan fingerprint density at radius 3 is 2.26 bits per heavy atom. The maximum atomic E-state index is 11.4. The third-order valence-corrected chi connectivity index (χ3v) is 4.00. The summed E-state index contributed by atoms with van der Waals surface area (Å²) in [4.78, 5) is 34.9. The highest BCUT2D eigenvalue weighted by Crippen LogP contribution is 2.24. The van der Waals surface area contributed by atoms with Crippen molar-refractivity contribution in [2.45, 2.75) is 44.6 Å². The van der Waals surface area contributed by atoms with Crippen LogP contribution in [0.3, 0.4) is 0 Å². The molecular formula is C13H20N2O4. The molecule has 1 aliphatic carbocycles. The van der Waals surface area contributed by atoms with Crippen LogP contribution in [0.15, 0.2) is 0 Å². The molecule has 2 N–H and O–H groups in total. The Bertz CT molecular complexity index is 359. The van der Waals surface area contributed by atoms with Crippen LogP contribution in [0.2, 0.25) is 0 Å². The molecule has 6 nitrogen and oxygen atoms in total. The first-order valence-corrected chi connectivity index (χ1v) is 6.87. The maximum absolute atomic E-state index is 11.4. The number of hydrogen-bond donors (Lipinski definition) is 2. The average Bonchev–Trinajstić information content (AvgIpc) is 2.71. The number of imide groups is 1. The van der Waals surface area contributed by atoms with Crippen molar-refractivity contribution >= 4 is 17.8 Å². The van der Waals surface area contributed by atoms with Gasteiger partial charge in [-0.1, -0.05) is 0 Å². The summed E-state index contributed by atoms with van der Waals surface area (Å²) in [7, 11) is 0. The maximum Gasteiger partial charge on any atom is 0.306 e. The van der Waals surface area contributed by atoms with Gasteiger partial charge in [0, 0.05) is 32.0 Å². The fraction of sp³-hybridized carbons (Fsp3) is 0.769. The molecule has 1 aliphatic heterocycles. The smallest absolute Gasteiger partial charge is 0.306 e. The monoisotopic (exact) mass is 268 g/mol. The Balaban J connectivity index is 1.66. The van der Waals surface area contributed by atoms with Crippen LogP contribution in [-0.2, 0) is 14.4 Å². The van der Waals surface area contributed by atoms with E-state index in [0.717, 1.165) is 12.8 Å². The Morgan fingerprint density at radius 1 is 1.16 bits per heavy atom. The largest absolute Gasteiger partial charge is 0.481 e. The number of nitrogens with zero attached hydrogens (tertiary/aromatic N) is 1. The van der Waals surface area contributed by atoms with Gasteiger partial charge in [-0.3, -0.25) is 19.3 Å². The van der Waals surface area contributed by atoms with Gasteiger partial charge in [-0.05, 0) is 25.7 Å². The Morgan fingerprint density at radius 2 is 1.74 bits per heavy atom. The highest BCUT2D eigenvalue weighted by molar-refractivity contribution is 6.01. The van der Waals surface area contributed by atoms with Crippen molar-refractivity contribution in [1.29, 1.82) is 0 Å². The summed E-state index contributed by atoms with van der Waals surface area (Å²) < 4.78 is 0. The molecule has 0 atom stereocenters. The zero-order chi connectivity index (χ0) is 13.8. The highest BCUT2D eigenvalue weighted by Gasteiger charge is 2.29. The number of carboxylic acids is 1. The SMILES string of the molecule is O=C(O)C1CCC(NCCN2C(=O)CCC2=O)CC1. The van der Waals surface area contributed by atoms with Crippen LogP contribution in [0.4, 0.5) is 0 Å². The number of hydrogen-bond acceptors (Lipinski definition) is 4. The molecule has 0 bridgehead atoms. The Kier molecular flexibility index (Phi) is 4.52. The molecule has 2 aliphatic rings. The second kappa shape index (κ2) is 6.14. The van der Waals surface area contributed by atoms with Crippen molar-refractivity contribution < 1.29 is 19.5 Å². The van der Waals surface area contributed by atoms with E-state index in [9.17, 15) is 14.4 Å². The van der Waals surface area contributed by atoms with Gasteiger partial charge in [-0.25, -0.2) is 0 Å². The van der Waals surface area contributed by atoms with E-state index in [1.54, 1.807) is 0 Å². The molecular weight excluding hydrogens is 248 g/mol. The molecule has 0 unspecified atom stereocenters. The fourth-order valence-corrected chi connectivity index (χ4v) is 2.80. The van der Waals surface area contributed by atoms with E-state index in [0.29, 0.717) is 44.8 Å². The molecule has 19 heavy (non-hydrogen) atoms. The Labute approximate surface area is 112 Å². The normalized spacial score (nSPS) is 27.9. The summed E-state index contributed by atoms with van der Waals surface area (Å²) >= 11 is 0. The number of amides is 2. The van der Waals surface area contributed by atoms with Gasteiger partial charge in [0.2, 0.25) is 11.8 Å². The van der Waals surface area contributed by atoms with Gasteiger partial charge < -0.3 is 10.4 Å². The molecule has 2 amide bonds. The van der Waals surface area contributed by atoms with Crippen molar-refractivity contribution in [2.75, 3.05) is 13.1 Å². The zero-order valence-electron chi connectivity index (χ0n) is 10.9. The molecule has 2 fully saturated rings. The first-order chi connectivity index (χ1) is 9.08. The van der Waals surface area contributed by atoms with E-state index in [-0.39, 0.29) is 17.7 Å². The molecule has 0 radical (unpaired) electrons. The van der Waals surface area contributed by atoms with E-state index in [1.807, 2.05) is 0 Å². The van der Waals surface area contributed by atoms with Crippen LogP contribution in [0.25, 0.3) is 0 Å². The number of likely N-dealkylation sites (tertiary alicyclic amines) is 1. The van der Waals surface area contributed by atoms with Gasteiger partial charge in [-0.2, -0.15) is 0 Å². The van der Waals surface area contributed by atoms with Crippen molar-refractivity contribution in [3.8, 4) is 0 Å². The Hall–Kier alpha value is -1.43. The molecule has 0 aromatic rings. The van der Waals surface area contributed by atoms with Crippen molar-refractivity contribution in [3.63, 3.8) is 0 Å². The number of carbonyl (C=O) groups is 3. The number of rotatable bonds is 5. The van der Waals surface area contributed by atoms with Gasteiger partial charge in [0.25, 0.3) is 0 Å². The van der Waals surface area contributed by atoms with Crippen molar-refractivity contribution in [3.05, 3.63) is 0 Å². The minimum absolute atomic E-state index is 0.0821. The molecule has 2 rings (SSSR count). The lowest BCUT2D eigenvalue weighted by molar-refractivity contribution is -0.143. The van der Waals surface area contributed by atoms with Gasteiger partial charge in [-0.15, -0.1) is 0 Å².